The highest BCUT2D eigenvalue weighted by molar-refractivity contribution is 5.93. The fourth-order valence-electron chi connectivity index (χ4n) is 4.28. The van der Waals surface area contributed by atoms with E-state index in [-0.39, 0.29) is 0 Å². The number of hydrogen-bond acceptors (Lipinski definition) is 7. The molecule has 1 fully saturated rings. The van der Waals surface area contributed by atoms with E-state index in [1.54, 1.807) is 19.5 Å². The molecule has 9 nitrogen and oxygen atoms in total. The quantitative estimate of drug-likeness (QED) is 0.418. The highest BCUT2D eigenvalue weighted by atomic mass is 16.5. The summed E-state index contributed by atoms with van der Waals surface area (Å²) in [6.45, 7) is 0. The predicted octanol–water partition coefficient (Wildman–Crippen LogP) is 4.34. The molecule has 162 valence electrons. The Kier molecular flexibility index (Phi) is 5.11. The highest BCUT2D eigenvalue weighted by Gasteiger charge is 2.20. The second-order valence-corrected chi connectivity index (χ2v) is 7.94. The molecule has 0 bridgehead atoms. The summed E-state index contributed by atoms with van der Waals surface area (Å²) >= 11 is 0. The molecular formula is C23H24N8O. The molecule has 3 heterocycles. The summed E-state index contributed by atoms with van der Waals surface area (Å²) in [5.41, 5.74) is 3.88. The Morgan fingerprint density at radius 3 is 2.78 bits per heavy atom. The number of H-pyrrole nitrogens is 1. The van der Waals surface area contributed by atoms with Crippen molar-refractivity contribution in [2.75, 3.05) is 17.7 Å². The van der Waals surface area contributed by atoms with Gasteiger partial charge in [-0.1, -0.05) is 18.9 Å². The van der Waals surface area contributed by atoms with Crippen molar-refractivity contribution in [3.8, 4) is 23.1 Å². The van der Waals surface area contributed by atoms with Crippen LogP contribution in [-0.2, 0) is 7.05 Å². The molecule has 0 atom stereocenters. The summed E-state index contributed by atoms with van der Waals surface area (Å²) in [6.07, 6.45) is 8.05. The molecule has 0 aliphatic heterocycles. The lowest BCUT2D eigenvalue weighted by molar-refractivity contribution is 0.417. The van der Waals surface area contributed by atoms with Crippen molar-refractivity contribution in [1.29, 1.82) is 5.26 Å². The van der Waals surface area contributed by atoms with Gasteiger partial charge in [-0.25, -0.2) is 0 Å². The van der Waals surface area contributed by atoms with Crippen LogP contribution in [0, 0.1) is 11.3 Å². The van der Waals surface area contributed by atoms with Crippen LogP contribution in [0.25, 0.3) is 22.3 Å². The number of aromatic amines is 1. The number of nitriles is 1. The van der Waals surface area contributed by atoms with Gasteiger partial charge in [0.2, 0.25) is 5.95 Å². The molecule has 1 aliphatic carbocycles. The third-order valence-electron chi connectivity index (χ3n) is 5.91. The maximum Gasteiger partial charge on any atom is 0.231 e. The zero-order valence-corrected chi connectivity index (χ0v) is 18.0. The minimum Gasteiger partial charge on any atom is -0.495 e. The van der Waals surface area contributed by atoms with Gasteiger partial charge in [0.1, 0.15) is 23.3 Å². The maximum absolute atomic E-state index is 9.51. The van der Waals surface area contributed by atoms with Crippen molar-refractivity contribution in [1.82, 2.24) is 24.7 Å². The SMILES string of the molecule is COc1cc(-c2ccnn2C)ccc1Nc1nc(NC2CCCC2)c2c(C#N)c[nH]c2n1. The van der Waals surface area contributed by atoms with Gasteiger partial charge in [0.05, 0.1) is 29.4 Å². The molecule has 0 amide bonds. The van der Waals surface area contributed by atoms with Gasteiger partial charge in [-0.2, -0.15) is 20.3 Å². The Morgan fingerprint density at radius 1 is 1.22 bits per heavy atom. The standard InChI is InChI=1S/C23H24N8O/c1-31-18(9-10-26-31)14-7-8-17(19(11-14)32-2)28-23-29-21-20(15(12-24)13-25-21)22(30-23)27-16-5-3-4-6-16/h7-11,13,16H,3-6H2,1-2H3,(H3,25,27,28,29,30). The van der Waals surface area contributed by atoms with E-state index in [9.17, 15) is 5.26 Å². The Hall–Kier alpha value is -4.06. The molecule has 1 aromatic carbocycles. The average Bonchev–Trinajstić information content (AvgIpc) is 3.55. The lowest BCUT2D eigenvalue weighted by Gasteiger charge is -2.16. The van der Waals surface area contributed by atoms with Gasteiger partial charge >= 0.3 is 0 Å². The maximum atomic E-state index is 9.51. The lowest BCUT2D eigenvalue weighted by Crippen LogP contribution is -2.16. The summed E-state index contributed by atoms with van der Waals surface area (Å²) < 4.78 is 7.45. The molecule has 5 rings (SSSR count). The second kappa shape index (κ2) is 8.23. The van der Waals surface area contributed by atoms with Crippen LogP contribution in [0.5, 0.6) is 5.75 Å². The minimum atomic E-state index is 0.357. The second-order valence-electron chi connectivity index (χ2n) is 7.94. The Balaban J connectivity index is 1.51. The summed E-state index contributed by atoms with van der Waals surface area (Å²) in [6, 6.07) is 10.4. The number of methoxy groups -OCH3 is 1. The summed E-state index contributed by atoms with van der Waals surface area (Å²) in [5.74, 6) is 1.77. The lowest BCUT2D eigenvalue weighted by atomic mass is 10.1. The van der Waals surface area contributed by atoms with Gasteiger partial charge in [-0.3, -0.25) is 4.68 Å². The topological polar surface area (TPSA) is 116 Å². The van der Waals surface area contributed by atoms with Gasteiger partial charge in [-0.15, -0.1) is 0 Å². The van der Waals surface area contributed by atoms with Crippen LogP contribution in [0.3, 0.4) is 0 Å². The van der Waals surface area contributed by atoms with Crippen molar-refractivity contribution in [3.63, 3.8) is 0 Å². The smallest absolute Gasteiger partial charge is 0.231 e. The third-order valence-corrected chi connectivity index (χ3v) is 5.91. The zero-order chi connectivity index (χ0) is 22.1. The van der Waals surface area contributed by atoms with Crippen molar-refractivity contribution >= 4 is 28.5 Å². The number of nitrogens with zero attached hydrogens (tertiary/aromatic N) is 5. The molecule has 0 radical (unpaired) electrons. The molecule has 32 heavy (non-hydrogen) atoms. The first-order valence-corrected chi connectivity index (χ1v) is 10.7. The van der Waals surface area contributed by atoms with E-state index in [2.05, 4.69) is 31.8 Å². The van der Waals surface area contributed by atoms with Crippen LogP contribution in [0.1, 0.15) is 31.2 Å². The van der Waals surface area contributed by atoms with Gasteiger partial charge in [0, 0.05) is 31.0 Å². The van der Waals surface area contributed by atoms with E-state index in [1.165, 1.54) is 12.8 Å². The van der Waals surface area contributed by atoms with Crippen LogP contribution in [0.15, 0.2) is 36.7 Å². The highest BCUT2D eigenvalue weighted by Crippen LogP contribution is 2.34. The molecule has 1 aliphatic rings. The van der Waals surface area contributed by atoms with E-state index in [4.69, 9.17) is 9.72 Å². The van der Waals surface area contributed by atoms with E-state index in [1.807, 2.05) is 36.0 Å². The van der Waals surface area contributed by atoms with Gasteiger partial charge in [0.25, 0.3) is 0 Å². The number of aryl methyl sites for hydroxylation is 1. The zero-order valence-electron chi connectivity index (χ0n) is 18.0. The first kappa shape index (κ1) is 19.9. The van der Waals surface area contributed by atoms with Crippen molar-refractivity contribution < 1.29 is 4.74 Å². The van der Waals surface area contributed by atoms with Crippen LogP contribution >= 0.6 is 0 Å². The van der Waals surface area contributed by atoms with Crippen LogP contribution in [0.4, 0.5) is 17.5 Å². The van der Waals surface area contributed by atoms with Crippen LogP contribution in [-0.4, -0.2) is 37.9 Å². The van der Waals surface area contributed by atoms with Crippen molar-refractivity contribution in [3.05, 3.63) is 42.2 Å². The van der Waals surface area contributed by atoms with Crippen molar-refractivity contribution in [2.24, 2.45) is 7.05 Å². The number of hydrogen-bond donors (Lipinski definition) is 3. The number of fused-ring (bicyclic) bond motifs is 1. The molecule has 0 spiro atoms. The van der Waals surface area contributed by atoms with E-state index in [0.29, 0.717) is 34.8 Å². The molecule has 1 saturated carbocycles. The first-order chi connectivity index (χ1) is 15.7. The monoisotopic (exact) mass is 428 g/mol. The number of nitrogens with one attached hydrogen (secondary N) is 3. The molecule has 3 N–H and O–H groups in total. The van der Waals surface area contributed by atoms with Gasteiger partial charge in [0.15, 0.2) is 0 Å². The summed E-state index contributed by atoms with van der Waals surface area (Å²) in [4.78, 5) is 12.4. The van der Waals surface area contributed by atoms with E-state index in [0.717, 1.165) is 35.2 Å². The number of benzene rings is 1. The Morgan fingerprint density at radius 2 is 2.06 bits per heavy atom. The molecule has 4 aromatic rings. The minimum absolute atomic E-state index is 0.357. The fraction of sp³-hybridized carbons (Fsp3) is 0.304. The van der Waals surface area contributed by atoms with Crippen molar-refractivity contribution in [2.45, 2.75) is 31.7 Å². The largest absolute Gasteiger partial charge is 0.495 e. The average molecular weight is 429 g/mol. The van der Waals surface area contributed by atoms with Gasteiger partial charge in [-0.05, 0) is 31.0 Å². The Labute approximate surface area is 185 Å². The van der Waals surface area contributed by atoms with E-state index < -0.39 is 0 Å². The third kappa shape index (κ3) is 3.60. The number of rotatable bonds is 6. The molecular weight excluding hydrogens is 404 g/mol. The summed E-state index contributed by atoms with van der Waals surface area (Å²) in [7, 11) is 3.54. The number of aromatic nitrogens is 5. The fourth-order valence-corrected chi connectivity index (χ4v) is 4.28. The van der Waals surface area contributed by atoms with Gasteiger partial charge < -0.3 is 20.4 Å². The molecule has 0 saturated heterocycles. The van der Waals surface area contributed by atoms with Crippen LogP contribution < -0.4 is 15.4 Å². The van der Waals surface area contributed by atoms with E-state index >= 15 is 0 Å². The molecule has 0 unspecified atom stereocenters. The Bertz CT molecular complexity index is 1310. The number of anilines is 3. The number of ether oxygens (including phenoxy) is 1. The normalized spacial score (nSPS) is 13.9. The van der Waals surface area contributed by atoms with Crippen LogP contribution in [0.2, 0.25) is 0 Å². The predicted molar refractivity (Wildman–Crippen MR) is 123 cm³/mol. The first-order valence-electron chi connectivity index (χ1n) is 10.7. The summed E-state index contributed by atoms with van der Waals surface area (Å²) in [5, 5.41) is 21.3. The molecule has 9 heteroatoms. The molecule has 3 aromatic heterocycles.